The van der Waals surface area contributed by atoms with Crippen molar-refractivity contribution in [3.05, 3.63) is 46.7 Å². The molecule has 0 saturated heterocycles. The fraction of sp³-hybridized carbons (Fsp3) is 0.231. The van der Waals surface area contributed by atoms with E-state index in [-0.39, 0.29) is 5.92 Å². The van der Waals surface area contributed by atoms with Crippen LogP contribution >= 0.6 is 11.6 Å². The van der Waals surface area contributed by atoms with Crippen molar-refractivity contribution >= 4 is 17.9 Å². The lowest BCUT2D eigenvalue weighted by atomic mass is 10.1. The molecule has 0 saturated carbocycles. The first-order valence-electron chi connectivity index (χ1n) is 5.43. The lowest BCUT2D eigenvalue weighted by molar-refractivity contribution is 0.111. The van der Waals surface area contributed by atoms with Crippen LogP contribution in [-0.4, -0.2) is 16.1 Å². The van der Waals surface area contributed by atoms with Gasteiger partial charge in [-0.1, -0.05) is 31.5 Å². The molecule has 0 aliphatic carbocycles. The summed E-state index contributed by atoms with van der Waals surface area (Å²) in [6.45, 7) is 4.12. The molecule has 3 nitrogen and oxygen atoms in total. The van der Waals surface area contributed by atoms with E-state index in [1.54, 1.807) is 10.7 Å². The highest BCUT2D eigenvalue weighted by molar-refractivity contribution is 6.30. The molecule has 0 aliphatic heterocycles. The lowest BCUT2D eigenvalue weighted by Gasteiger charge is -2.09. The Morgan fingerprint density at radius 3 is 2.71 bits per heavy atom. The average Bonchev–Trinajstić information content (AvgIpc) is 2.73. The predicted molar refractivity (Wildman–Crippen MR) is 68.1 cm³/mol. The molecule has 2 aromatic rings. The molecular weight excluding hydrogens is 236 g/mol. The smallest absolute Gasteiger partial charge is 0.170 e. The van der Waals surface area contributed by atoms with Crippen molar-refractivity contribution in [3.8, 4) is 5.69 Å². The monoisotopic (exact) mass is 248 g/mol. The minimum atomic E-state index is 0.287. The van der Waals surface area contributed by atoms with Crippen molar-refractivity contribution in [2.75, 3.05) is 0 Å². The first kappa shape index (κ1) is 11.9. The summed E-state index contributed by atoms with van der Waals surface area (Å²) in [5.74, 6) is 0.287. The maximum absolute atomic E-state index is 10.8. The van der Waals surface area contributed by atoms with Crippen LogP contribution in [-0.2, 0) is 0 Å². The first-order valence-corrected chi connectivity index (χ1v) is 5.80. The normalized spacial score (nSPS) is 10.8. The van der Waals surface area contributed by atoms with Crippen molar-refractivity contribution in [3.63, 3.8) is 0 Å². The zero-order valence-electron chi connectivity index (χ0n) is 9.72. The van der Waals surface area contributed by atoms with Crippen LogP contribution in [0.4, 0.5) is 0 Å². The SMILES string of the molecule is CC(C)c1cc(C=O)nn1-c1cccc(Cl)c1. The molecule has 17 heavy (non-hydrogen) atoms. The quantitative estimate of drug-likeness (QED) is 0.780. The third-order valence-corrected chi connectivity index (χ3v) is 2.76. The number of halogens is 1. The summed E-state index contributed by atoms with van der Waals surface area (Å²) in [6.07, 6.45) is 0.757. The number of aromatic nitrogens is 2. The van der Waals surface area contributed by atoms with Gasteiger partial charge < -0.3 is 0 Å². The second-order valence-corrected chi connectivity index (χ2v) is 4.59. The molecule has 0 amide bonds. The van der Waals surface area contributed by atoms with Gasteiger partial charge in [0.2, 0.25) is 0 Å². The topological polar surface area (TPSA) is 34.9 Å². The van der Waals surface area contributed by atoms with Gasteiger partial charge in [0.25, 0.3) is 0 Å². The third kappa shape index (κ3) is 2.39. The van der Waals surface area contributed by atoms with Crippen molar-refractivity contribution < 1.29 is 4.79 Å². The van der Waals surface area contributed by atoms with Crippen LogP contribution in [0, 0.1) is 0 Å². The summed E-state index contributed by atoms with van der Waals surface area (Å²) in [6, 6.07) is 9.22. The summed E-state index contributed by atoms with van der Waals surface area (Å²) in [7, 11) is 0. The second-order valence-electron chi connectivity index (χ2n) is 4.16. The van der Waals surface area contributed by atoms with E-state index in [1.165, 1.54) is 0 Å². The Kier molecular flexibility index (Phi) is 3.29. The zero-order chi connectivity index (χ0) is 12.4. The molecule has 0 spiro atoms. The van der Waals surface area contributed by atoms with Gasteiger partial charge in [0.05, 0.1) is 5.69 Å². The third-order valence-electron chi connectivity index (χ3n) is 2.52. The van der Waals surface area contributed by atoms with E-state index in [9.17, 15) is 4.79 Å². The maximum Gasteiger partial charge on any atom is 0.170 e. The summed E-state index contributed by atoms with van der Waals surface area (Å²) in [4.78, 5) is 10.8. The number of rotatable bonds is 3. The fourth-order valence-electron chi connectivity index (χ4n) is 1.70. The highest BCUT2D eigenvalue weighted by atomic mass is 35.5. The van der Waals surface area contributed by atoms with E-state index < -0.39 is 0 Å². The van der Waals surface area contributed by atoms with Gasteiger partial charge >= 0.3 is 0 Å². The van der Waals surface area contributed by atoms with Crippen LogP contribution in [0.15, 0.2) is 30.3 Å². The maximum atomic E-state index is 10.8. The highest BCUT2D eigenvalue weighted by Gasteiger charge is 2.12. The van der Waals surface area contributed by atoms with Crippen LogP contribution in [0.1, 0.15) is 35.9 Å². The van der Waals surface area contributed by atoms with E-state index >= 15 is 0 Å². The number of hydrogen-bond donors (Lipinski definition) is 0. The number of aldehydes is 1. The molecule has 0 atom stereocenters. The predicted octanol–water partition coefficient (Wildman–Crippen LogP) is 3.46. The Morgan fingerprint density at radius 1 is 1.35 bits per heavy atom. The molecule has 0 fully saturated rings. The van der Waals surface area contributed by atoms with Crippen LogP contribution < -0.4 is 0 Å². The van der Waals surface area contributed by atoms with Gasteiger partial charge in [0.15, 0.2) is 6.29 Å². The number of benzene rings is 1. The van der Waals surface area contributed by atoms with Crippen molar-refractivity contribution in [1.29, 1.82) is 0 Å². The minimum absolute atomic E-state index is 0.287. The Bertz CT molecular complexity index is 546. The van der Waals surface area contributed by atoms with Crippen LogP contribution in [0.5, 0.6) is 0 Å². The Labute approximate surface area is 105 Å². The van der Waals surface area contributed by atoms with Gasteiger partial charge in [-0.15, -0.1) is 0 Å². The van der Waals surface area contributed by atoms with E-state index in [2.05, 4.69) is 18.9 Å². The lowest BCUT2D eigenvalue weighted by Crippen LogP contribution is -2.03. The molecule has 0 unspecified atom stereocenters. The Hall–Kier alpha value is -1.61. The summed E-state index contributed by atoms with van der Waals surface area (Å²) < 4.78 is 1.76. The van der Waals surface area contributed by atoms with Crippen molar-refractivity contribution in [2.24, 2.45) is 0 Å². The summed E-state index contributed by atoms with van der Waals surface area (Å²) in [5, 5.41) is 4.90. The van der Waals surface area contributed by atoms with Crippen LogP contribution in [0.3, 0.4) is 0 Å². The van der Waals surface area contributed by atoms with Gasteiger partial charge in [0.1, 0.15) is 5.69 Å². The molecule has 0 N–H and O–H groups in total. The van der Waals surface area contributed by atoms with Crippen LogP contribution in [0.2, 0.25) is 5.02 Å². The van der Waals surface area contributed by atoms with E-state index in [0.717, 1.165) is 17.7 Å². The van der Waals surface area contributed by atoms with E-state index in [1.807, 2.05) is 24.3 Å². The Balaban J connectivity index is 2.57. The molecule has 0 radical (unpaired) electrons. The molecule has 2 rings (SSSR count). The van der Waals surface area contributed by atoms with Gasteiger partial charge in [0, 0.05) is 10.7 Å². The van der Waals surface area contributed by atoms with Gasteiger partial charge in [-0.05, 0) is 30.2 Å². The molecule has 1 aromatic heterocycles. The van der Waals surface area contributed by atoms with E-state index in [4.69, 9.17) is 11.6 Å². The van der Waals surface area contributed by atoms with E-state index in [0.29, 0.717) is 10.7 Å². The number of nitrogens with zero attached hydrogens (tertiary/aromatic N) is 2. The molecule has 4 heteroatoms. The summed E-state index contributed by atoms with van der Waals surface area (Å²) in [5.41, 5.74) is 2.30. The average molecular weight is 249 g/mol. The molecular formula is C13H13ClN2O. The number of carbonyl (C=O) groups is 1. The van der Waals surface area contributed by atoms with Gasteiger partial charge in [-0.3, -0.25) is 4.79 Å². The van der Waals surface area contributed by atoms with Gasteiger partial charge in [-0.25, -0.2) is 4.68 Å². The summed E-state index contributed by atoms with van der Waals surface area (Å²) >= 11 is 5.96. The molecule has 0 aliphatic rings. The molecule has 1 heterocycles. The number of carbonyl (C=O) groups excluding carboxylic acids is 1. The van der Waals surface area contributed by atoms with Crippen LogP contribution in [0.25, 0.3) is 5.69 Å². The van der Waals surface area contributed by atoms with Gasteiger partial charge in [-0.2, -0.15) is 5.10 Å². The second kappa shape index (κ2) is 4.72. The first-order chi connectivity index (χ1) is 8.11. The number of hydrogen-bond acceptors (Lipinski definition) is 2. The fourth-order valence-corrected chi connectivity index (χ4v) is 1.88. The largest absolute Gasteiger partial charge is 0.296 e. The zero-order valence-corrected chi connectivity index (χ0v) is 10.5. The molecule has 88 valence electrons. The Morgan fingerprint density at radius 2 is 2.12 bits per heavy atom. The highest BCUT2D eigenvalue weighted by Crippen LogP contribution is 2.21. The molecule has 1 aromatic carbocycles. The van der Waals surface area contributed by atoms with Crippen molar-refractivity contribution in [1.82, 2.24) is 9.78 Å². The molecule has 0 bridgehead atoms. The van der Waals surface area contributed by atoms with Crippen molar-refractivity contribution in [2.45, 2.75) is 19.8 Å². The standard InChI is InChI=1S/C13H13ClN2O/c1-9(2)13-7-11(8-17)15-16(13)12-5-3-4-10(14)6-12/h3-9H,1-2H3. The minimum Gasteiger partial charge on any atom is -0.296 e.